The van der Waals surface area contributed by atoms with Crippen LogP contribution in [0.15, 0.2) is 16.6 Å². The molecule has 0 amide bonds. The summed E-state index contributed by atoms with van der Waals surface area (Å²) in [4.78, 5) is 11.5. The van der Waals surface area contributed by atoms with Gasteiger partial charge in [0.25, 0.3) is 0 Å². The summed E-state index contributed by atoms with van der Waals surface area (Å²) in [5.74, 6) is 0.382. The number of esters is 1. The van der Waals surface area contributed by atoms with Gasteiger partial charge in [-0.15, -0.1) is 0 Å². The van der Waals surface area contributed by atoms with E-state index in [1.807, 2.05) is 39.8 Å². The van der Waals surface area contributed by atoms with E-state index in [1.54, 1.807) is 0 Å². The molecule has 0 aromatic heterocycles. The largest absolute Gasteiger partial charge is 0.426 e. The Kier molecular flexibility index (Phi) is 3.91. The van der Waals surface area contributed by atoms with E-state index < -0.39 is 0 Å². The molecule has 15 heavy (non-hydrogen) atoms. The van der Waals surface area contributed by atoms with Crippen LogP contribution in [0.5, 0.6) is 5.75 Å². The smallest absolute Gasteiger partial charge is 0.313 e. The highest BCUT2D eigenvalue weighted by Crippen LogP contribution is 2.27. The van der Waals surface area contributed by atoms with Gasteiger partial charge in [-0.05, 0) is 37.1 Å². The summed E-state index contributed by atoms with van der Waals surface area (Å²) in [6, 6.07) is 3.88. The van der Waals surface area contributed by atoms with Gasteiger partial charge >= 0.3 is 5.97 Å². The van der Waals surface area contributed by atoms with Crippen LogP contribution in [0.3, 0.4) is 0 Å². The summed E-state index contributed by atoms with van der Waals surface area (Å²) in [5.41, 5.74) is 1.94. The van der Waals surface area contributed by atoms with Gasteiger partial charge in [-0.1, -0.05) is 29.8 Å². The average molecular weight is 271 g/mol. The van der Waals surface area contributed by atoms with Crippen LogP contribution in [0.2, 0.25) is 0 Å². The quantitative estimate of drug-likeness (QED) is 0.606. The molecule has 3 heteroatoms. The first-order chi connectivity index (χ1) is 6.91. The van der Waals surface area contributed by atoms with Crippen molar-refractivity contribution in [2.24, 2.45) is 5.92 Å². The fourth-order valence-electron chi connectivity index (χ4n) is 1.28. The van der Waals surface area contributed by atoms with Crippen molar-refractivity contribution in [3.05, 3.63) is 27.7 Å². The molecule has 1 rings (SSSR count). The SMILES string of the molecule is Cc1cc(Br)cc(C)c1OC(=O)C(C)C. The van der Waals surface area contributed by atoms with Gasteiger partial charge in [0.15, 0.2) is 0 Å². The molecule has 0 N–H and O–H groups in total. The Morgan fingerprint density at radius 1 is 1.27 bits per heavy atom. The van der Waals surface area contributed by atoms with E-state index in [2.05, 4.69) is 15.9 Å². The third kappa shape index (κ3) is 3.06. The monoisotopic (exact) mass is 270 g/mol. The Labute approximate surface area is 98.8 Å². The van der Waals surface area contributed by atoms with E-state index in [9.17, 15) is 4.79 Å². The first-order valence-corrected chi connectivity index (χ1v) is 5.69. The molecule has 2 nitrogen and oxygen atoms in total. The van der Waals surface area contributed by atoms with Crippen LogP contribution in [0.25, 0.3) is 0 Å². The number of carbonyl (C=O) groups is 1. The lowest BCUT2D eigenvalue weighted by molar-refractivity contribution is -0.137. The fourth-order valence-corrected chi connectivity index (χ4v) is 1.96. The maximum Gasteiger partial charge on any atom is 0.313 e. The molecule has 0 aliphatic heterocycles. The van der Waals surface area contributed by atoms with E-state index in [0.717, 1.165) is 15.6 Å². The minimum Gasteiger partial charge on any atom is -0.426 e. The van der Waals surface area contributed by atoms with Crippen molar-refractivity contribution >= 4 is 21.9 Å². The summed E-state index contributed by atoms with van der Waals surface area (Å²) in [5, 5.41) is 0. The van der Waals surface area contributed by atoms with Crippen molar-refractivity contribution in [1.82, 2.24) is 0 Å². The Morgan fingerprint density at radius 2 is 1.73 bits per heavy atom. The molecule has 0 heterocycles. The number of carbonyl (C=O) groups excluding carboxylic acids is 1. The Morgan fingerprint density at radius 3 is 2.13 bits per heavy atom. The summed E-state index contributed by atoms with van der Waals surface area (Å²) < 4.78 is 6.33. The molecule has 82 valence electrons. The van der Waals surface area contributed by atoms with Crippen LogP contribution in [-0.2, 0) is 4.79 Å². The minimum absolute atomic E-state index is 0.104. The molecule has 0 aliphatic rings. The van der Waals surface area contributed by atoms with Crippen LogP contribution in [0.4, 0.5) is 0 Å². The molecule has 0 unspecified atom stereocenters. The van der Waals surface area contributed by atoms with Crippen LogP contribution in [-0.4, -0.2) is 5.97 Å². The second kappa shape index (κ2) is 4.79. The lowest BCUT2D eigenvalue weighted by Crippen LogP contribution is -2.16. The van der Waals surface area contributed by atoms with E-state index in [0.29, 0.717) is 5.75 Å². The number of ether oxygens (including phenoxy) is 1. The number of halogens is 1. The predicted octanol–water partition coefficient (Wildman–Crippen LogP) is 3.63. The summed E-state index contributed by atoms with van der Waals surface area (Å²) in [7, 11) is 0. The molecule has 1 aromatic carbocycles. The van der Waals surface area contributed by atoms with E-state index in [1.165, 1.54) is 0 Å². The molecule has 0 aliphatic carbocycles. The third-order valence-corrected chi connectivity index (χ3v) is 2.56. The highest BCUT2D eigenvalue weighted by atomic mass is 79.9. The average Bonchev–Trinajstić information content (AvgIpc) is 2.10. The molecule has 0 atom stereocenters. The van der Waals surface area contributed by atoms with Gasteiger partial charge < -0.3 is 4.74 Å². The lowest BCUT2D eigenvalue weighted by Gasteiger charge is -2.12. The van der Waals surface area contributed by atoms with E-state index in [4.69, 9.17) is 4.74 Å². The van der Waals surface area contributed by atoms with Crippen molar-refractivity contribution in [3.8, 4) is 5.75 Å². The van der Waals surface area contributed by atoms with Crippen molar-refractivity contribution < 1.29 is 9.53 Å². The summed E-state index contributed by atoms with van der Waals surface area (Å²) in [6.07, 6.45) is 0. The highest BCUT2D eigenvalue weighted by molar-refractivity contribution is 9.10. The summed E-state index contributed by atoms with van der Waals surface area (Å²) >= 11 is 3.40. The maximum absolute atomic E-state index is 11.5. The first-order valence-electron chi connectivity index (χ1n) is 4.90. The van der Waals surface area contributed by atoms with Gasteiger partial charge in [-0.2, -0.15) is 0 Å². The molecule has 0 fully saturated rings. The molecule has 0 saturated heterocycles. The second-order valence-electron chi connectivity index (χ2n) is 3.94. The number of benzene rings is 1. The first kappa shape index (κ1) is 12.2. The van der Waals surface area contributed by atoms with Crippen LogP contribution in [0.1, 0.15) is 25.0 Å². The van der Waals surface area contributed by atoms with Crippen LogP contribution in [0, 0.1) is 19.8 Å². The minimum atomic E-state index is -0.191. The van der Waals surface area contributed by atoms with Crippen LogP contribution < -0.4 is 4.74 Å². The normalized spacial score (nSPS) is 10.5. The number of aryl methyl sites for hydroxylation is 2. The molecule has 1 aromatic rings. The van der Waals surface area contributed by atoms with Crippen molar-refractivity contribution in [3.63, 3.8) is 0 Å². The van der Waals surface area contributed by atoms with Crippen molar-refractivity contribution in [1.29, 1.82) is 0 Å². The third-order valence-electron chi connectivity index (χ3n) is 2.10. The van der Waals surface area contributed by atoms with Gasteiger partial charge in [0.2, 0.25) is 0 Å². The maximum atomic E-state index is 11.5. The Balaban J connectivity index is 3.00. The molecule has 0 radical (unpaired) electrons. The van der Waals surface area contributed by atoms with Crippen molar-refractivity contribution in [2.75, 3.05) is 0 Å². The number of rotatable bonds is 2. The zero-order chi connectivity index (χ0) is 11.6. The lowest BCUT2D eigenvalue weighted by atomic mass is 10.1. The zero-order valence-electron chi connectivity index (χ0n) is 9.43. The standard InChI is InChI=1S/C12H15BrO2/c1-7(2)12(14)15-11-8(3)5-10(13)6-9(11)4/h5-7H,1-4H3. The van der Waals surface area contributed by atoms with Crippen LogP contribution >= 0.6 is 15.9 Å². The van der Waals surface area contributed by atoms with Gasteiger partial charge in [-0.25, -0.2) is 0 Å². The fraction of sp³-hybridized carbons (Fsp3) is 0.417. The second-order valence-corrected chi connectivity index (χ2v) is 4.86. The summed E-state index contributed by atoms with van der Waals surface area (Å²) in [6.45, 7) is 7.51. The Hall–Kier alpha value is -0.830. The van der Waals surface area contributed by atoms with E-state index in [-0.39, 0.29) is 11.9 Å². The molecule has 0 spiro atoms. The van der Waals surface area contributed by atoms with Gasteiger partial charge in [0.05, 0.1) is 5.92 Å². The predicted molar refractivity (Wildman–Crippen MR) is 64.1 cm³/mol. The molecular weight excluding hydrogens is 256 g/mol. The molecule has 0 saturated carbocycles. The number of hydrogen-bond donors (Lipinski definition) is 0. The van der Waals surface area contributed by atoms with Gasteiger partial charge in [-0.3, -0.25) is 4.79 Å². The van der Waals surface area contributed by atoms with Gasteiger partial charge in [0.1, 0.15) is 5.75 Å². The Bertz CT molecular complexity index is 360. The van der Waals surface area contributed by atoms with E-state index >= 15 is 0 Å². The molecular formula is C12H15BrO2. The number of hydrogen-bond acceptors (Lipinski definition) is 2. The van der Waals surface area contributed by atoms with Gasteiger partial charge in [0, 0.05) is 4.47 Å². The topological polar surface area (TPSA) is 26.3 Å². The van der Waals surface area contributed by atoms with Crippen molar-refractivity contribution in [2.45, 2.75) is 27.7 Å². The molecule has 0 bridgehead atoms. The highest BCUT2D eigenvalue weighted by Gasteiger charge is 2.13. The zero-order valence-corrected chi connectivity index (χ0v) is 11.0.